The summed E-state index contributed by atoms with van der Waals surface area (Å²) < 4.78 is 10.9. The van der Waals surface area contributed by atoms with E-state index in [0.717, 1.165) is 39.0 Å². The molecule has 0 aromatic heterocycles. The number of hydrogen-bond acceptors (Lipinski definition) is 4. The fourth-order valence-electron chi connectivity index (χ4n) is 5.01. The van der Waals surface area contributed by atoms with Gasteiger partial charge in [-0.15, -0.1) is 0 Å². The average molecular weight is 427 g/mol. The normalized spacial score (nSPS) is 16.8. The summed E-state index contributed by atoms with van der Waals surface area (Å²) in [5, 5.41) is 24.9. The van der Waals surface area contributed by atoms with Gasteiger partial charge in [-0.25, -0.2) is 0 Å². The summed E-state index contributed by atoms with van der Waals surface area (Å²) in [4.78, 5) is 0. The number of ether oxygens (including phenoxy) is 2. The molecule has 0 saturated heterocycles. The van der Waals surface area contributed by atoms with Crippen LogP contribution in [0.15, 0.2) is 66.7 Å². The Hall–Kier alpha value is -3.50. The summed E-state index contributed by atoms with van der Waals surface area (Å²) in [6.07, 6.45) is 0. The van der Waals surface area contributed by atoms with E-state index in [1.807, 2.05) is 74.5 Å². The molecule has 4 heteroatoms. The van der Waals surface area contributed by atoms with Crippen molar-refractivity contribution in [2.75, 3.05) is 14.2 Å². The van der Waals surface area contributed by atoms with E-state index in [1.165, 1.54) is 0 Å². The number of rotatable bonds is 3. The second kappa shape index (κ2) is 7.28. The maximum atomic E-state index is 12.3. The van der Waals surface area contributed by atoms with Gasteiger partial charge in [0.2, 0.25) is 0 Å². The molecule has 1 aliphatic carbocycles. The van der Waals surface area contributed by atoms with Crippen molar-refractivity contribution in [1.82, 2.24) is 0 Å². The van der Waals surface area contributed by atoms with Crippen molar-refractivity contribution < 1.29 is 19.7 Å². The Kier molecular flexibility index (Phi) is 4.64. The quantitative estimate of drug-likeness (QED) is 0.415. The van der Waals surface area contributed by atoms with Crippen molar-refractivity contribution in [3.63, 3.8) is 0 Å². The highest BCUT2D eigenvalue weighted by atomic mass is 16.5. The molecule has 0 amide bonds. The van der Waals surface area contributed by atoms with Crippen molar-refractivity contribution in [3.05, 3.63) is 77.9 Å². The molecule has 0 saturated carbocycles. The van der Waals surface area contributed by atoms with Gasteiger partial charge in [-0.2, -0.15) is 0 Å². The van der Waals surface area contributed by atoms with Crippen LogP contribution in [0.25, 0.3) is 33.0 Å². The van der Waals surface area contributed by atoms with Gasteiger partial charge in [0, 0.05) is 10.9 Å². The van der Waals surface area contributed by atoms with E-state index < -0.39 is 5.60 Å². The third-order valence-corrected chi connectivity index (χ3v) is 6.69. The molecule has 1 atom stereocenters. The fraction of sp³-hybridized carbons (Fsp3) is 0.214. The second-order valence-electron chi connectivity index (χ2n) is 8.61. The van der Waals surface area contributed by atoms with Crippen LogP contribution < -0.4 is 9.47 Å². The number of aromatic hydroxyl groups is 1. The van der Waals surface area contributed by atoms with Gasteiger partial charge in [0.1, 0.15) is 22.8 Å². The number of hydrogen-bond donors (Lipinski definition) is 2. The molecule has 162 valence electrons. The van der Waals surface area contributed by atoms with Crippen LogP contribution >= 0.6 is 0 Å². The molecule has 0 heterocycles. The van der Waals surface area contributed by atoms with E-state index in [2.05, 4.69) is 0 Å². The highest BCUT2D eigenvalue weighted by molar-refractivity contribution is 6.07. The standard InChI is InChI=1S/C28H26O4/c1-16(2)28(30)24-8-6-5-7-19(24)22-13-17(31-3)9-11-20(22)27-21-12-10-18(32-4)14-23(21)26(29)15-25(27)28/h5-16,29-30H,1-4H3. The largest absolute Gasteiger partial charge is 0.507 e. The van der Waals surface area contributed by atoms with E-state index in [9.17, 15) is 10.2 Å². The topological polar surface area (TPSA) is 58.9 Å². The first-order valence-electron chi connectivity index (χ1n) is 10.7. The predicted octanol–water partition coefficient (Wildman–Crippen LogP) is 6.10. The number of aliphatic hydroxyl groups is 1. The van der Waals surface area contributed by atoms with E-state index in [1.54, 1.807) is 20.3 Å². The lowest BCUT2D eigenvalue weighted by molar-refractivity contribution is 0.0330. The van der Waals surface area contributed by atoms with Crippen molar-refractivity contribution in [1.29, 1.82) is 0 Å². The minimum absolute atomic E-state index is 0.117. The van der Waals surface area contributed by atoms with Gasteiger partial charge in [0.25, 0.3) is 0 Å². The maximum Gasteiger partial charge on any atom is 0.123 e. The van der Waals surface area contributed by atoms with Crippen LogP contribution in [0.3, 0.4) is 0 Å². The van der Waals surface area contributed by atoms with Crippen LogP contribution in [-0.4, -0.2) is 24.4 Å². The average Bonchev–Trinajstić information content (AvgIpc) is 2.91. The zero-order chi connectivity index (χ0) is 22.6. The lowest BCUT2D eigenvalue weighted by atomic mass is 9.74. The zero-order valence-corrected chi connectivity index (χ0v) is 18.6. The molecule has 0 fully saturated rings. The third kappa shape index (κ3) is 2.73. The number of methoxy groups -OCH3 is 2. The molecular formula is C28H26O4. The Labute approximate surface area is 187 Å². The highest BCUT2D eigenvalue weighted by Gasteiger charge is 2.42. The van der Waals surface area contributed by atoms with Gasteiger partial charge in [-0.1, -0.05) is 44.2 Å². The van der Waals surface area contributed by atoms with Crippen molar-refractivity contribution >= 4 is 10.8 Å². The first kappa shape index (κ1) is 20.4. The predicted molar refractivity (Wildman–Crippen MR) is 127 cm³/mol. The molecule has 32 heavy (non-hydrogen) atoms. The Morgan fingerprint density at radius 1 is 0.719 bits per heavy atom. The van der Waals surface area contributed by atoms with E-state index in [4.69, 9.17) is 9.47 Å². The summed E-state index contributed by atoms with van der Waals surface area (Å²) in [5.74, 6) is 1.39. The minimum atomic E-state index is -1.30. The van der Waals surface area contributed by atoms with Gasteiger partial charge >= 0.3 is 0 Å². The summed E-state index contributed by atoms with van der Waals surface area (Å²) in [5.41, 5.74) is 4.04. The summed E-state index contributed by atoms with van der Waals surface area (Å²) in [6.45, 7) is 4.01. The number of phenolic OH excluding ortho intramolecular Hbond substituents is 1. The van der Waals surface area contributed by atoms with E-state index in [-0.39, 0.29) is 11.7 Å². The van der Waals surface area contributed by atoms with Gasteiger partial charge in [-0.3, -0.25) is 0 Å². The second-order valence-corrected chi connectivity index (χ2v) is 8.61. The molecule has 5 rings (SSSR count). The van der Waals surface area contributed by atoms with Gasteiger partial charge in [0.15, 0.2) is 0 Å². The summed E-state index contributed by atoms with van der Waals surface area (Å²) in [6, 6.07) is 21.3. The zero-order valence-electron chi connectivity index (χ0n) is 18.6. The first-order chi connectivity index (χ1) is 15.4. The van der Waals surface area contributed by atoms with E-state index >= 15 is 0 Å². The van der Waals surface area contributed by atoms with Gasteiger partial charge in [0.05, 0.1) is 14.2 Å². The van der Waals surface area contributed by atoms with Crippen LogP contribution in [0.2, 0.25) is 0 Å². The molecule has 0 spiro atoms. The summed E-state index contributed by atoms with van der Waals surface area (Å²) in [7, 11) is 3.26. The van der Waals surface area contributed by atoms with Crippen LogP contribution in [0.5, 0.6) is 17.2 Å². The minimum Gasteiger partial charge on any atom is -0.507 e. The first-order valence-corrected chi connectivity index (χ1v) is 10.7. The number of phenols is 1. The van der Waals surface area contributed by atoms with Crippen molar-refractivity contribution in [3.8, 4) is 39.5 Å². The SMILES string of the molecule is COc1ccc2c(c1)-c1ccccc1C(O)(C(C)C)c1cc(O)c3cc(OC)ccc3c1-2. The molecule has 1 aliphatic rings. The fourth-order valence-corrected chi connectivity index (χ4v) is 5.01. The van der Waals surface area contributed by atoms with Crippen molar-refractivity contribution in [2.45, 2.75) is 19.4 Å². The van der Waals surface area contributed by atoms with Gasteiger partial charge < -0.3 is 19.7 Å². The van der Waals surface area contributed by atoms with Crippen LogP contribution in [-0.2, 0) is 5.60 Å². The molecule has 4 aromatic carbocycles. The highest BCUT2D eigenvalue weighted by Crippen LogP contribution is 2.54. The van der Waals surface area contributed by atoms with Crippen LogP contribution in [0.4, 0.5) is 0 Å². The molecule has 0 aliphatic heterocycles. The Morgan fingerprint density at radius 2 is 1.41 bits per heavy atom. The maximum absolute atomic E-state index is 12.3. The van der Waals surface area contributed by atoms with Crippen LogP contribution in [0, 0.1) is 5.92 Å². The number of fused-ring (bicyclic) bond motifs is 7. The Balaban J connectivity index is 2.03. The molecule has 0 radical (unpaired) electrons. The molecular weight excluding hydrogens is 400 g/mol. The monoisotopic (exact) mass is 426 g/mol. The molecule has 1 unspecified atom stereocenters. The van der Waals surface area contributed by atoms with Gasteiger partial charge in [-0.05, 0) is 75.5 Å². The Bertz CT molecular complexity index is 1360. The summed E-state index contributed by atoms with van der Waals surface area (Å²) >= 11 is 0. The lowest BCUT2D eigenvalue weighted by Crippen LogP contribution is -2.34. The van der Waals surface area contributed by atoms with Crippen LogP contribution in [0.1, 0.15) is 25.0 Å². The third-order valence-electron chi connectivity index (χ3n) is 6.69. The molecule has 4 nitrogen and oxygen atoms in total. The van der Waals surface area contributed by atoms with E-state index in [0.29, 0.717) is 16.7 Å². The van der Waals surface area contributed by atoms with Crippen molar-refractivity contribution in [2.24, 2.45) is 5.92 Å². The molecule has 2 N–H and O–H groups in total. The lowest BCUT2D eigenvalue weighted by Gasteiger charge is -2.35. The molecule has 4 aromatic rings. The Morgan fingerprint density at radius 3 is 2.12 bits per heavy atom. The number of benzene rings is 4. The smallest absolute Gasteiger partial charge is 0.123 e. The molecule has 0 bridgehead atoms.